The van der Waals surface area contributed by atoms with E-state index in [9.17, 15) is 14.9 Å². The SMILES string of the molecule is CC(CSc1ccc2cc([N+](=O)[O-])ccc2n1)C(=O)O. The Morgan fingerprint density at radius 1 is 1.45 bits per heavy atom. The molecule has 1 heterocycles. The molecule has 0 aliphatic rings. The largest absolute Gasteiger partial charge is 0.481 e. The highest BCUT2D eigenvalue weighted by Crippen LogP contribution is 2.24. The molecular weight excluding hydrogens is 280 g/mol. The number of carbonyl (C=O) groups is 1. The highest BCUT2D eigenvalue weighted by atomic mass is 32.2. The Labute approximate surface area is 119 Å². The van der Waals surface area contributed by atoms with Gasteiger partial charge in [-0.3, -0.25) is 14.9 Å². The molecule has 0 bridgehead atoms. The predicted molar refractivity (Wildman–Crippen MR) is 75.9 cm³/mol. The number of nitro groups is 1. The number of benzene rings is 1. The van der Waals surface area contributed by atoms with Crippen LogP contribution in [-0.4, -0.2) is 26.7 Å². The lowest BCUT2D eigenvalue weighted by atomic mass is 10.2. The molecule has 0 radical (unpaired) electrons. The van der Waals surface area contributed by atoms with Crippen molar-refractivity contribution in [2.75, 3.05) is 5.75 Å². The van der Waals surface area contributed by atoms with E-state index in [-0.39, 0.29) is 5.69 Å². The Hall–Kier alpha value is -2.15. The van der Waals surface area contributed by atoms with Crippen LogP contribution in [0, 0.1) is 16.0 Å². The maximum Gasteiger partial charge on any atom is 0.307 e. The van der Waals surface area contributed by atoms with E-state index in [1.54, 1.807) is 25.1 Å². The summed E-state index contributed by atoms with van der Waals surface area (Å²) in [6.45, 7) is 1.64. The second-order valence-corrected chi connectivity index (χ2v) is 5.37. The first-order valence-corrected chi connectivity index (χ1v) is 6.87. The number of hydrogen-bond acceptors (Lipinski definition) is 5. The first kappa shape index (κ1) is 14.3. The van der Waals surface area contributed by atoms with Crippen molar-refractivity contribution in [3.8, 4) is 0 Å². The lowest BCUT2D eigenvalue weighted by Crippen LogP contribution is -2.11. The Morgan fingerprint density at radius 2 is 2.20 bits per heavy atom. The zero-order valence-corrected chi connectivity index (χ0v) is 11.5. The van der Waals surface area contributed by atoms with Gasteiger partial charge in [-0.2, -0.15) is 0 Å². The van der Waals surface area contributed by atoms with Gasteiger partial charge in [-0.05, 0) is 18.2 Å². The van der Waals surface area contributed by atoms with Crippen LogP contribution in [0.25, 0.3) is 10.9 Å². The van der Waals surface area contributed by atoms with Crippen LogP contribution in [0.1, 0.15) is 6.92 Å². The number of hydrogen-bond donors (Lipinski definition) is 1. The van der Waals surface area contributed by atoms with E-state index >= 15 is 0 Å². The van der Waals surface area contributed by atoms with E-state index in [1.165, 1.54) is 23.9 Å². The average Bonchev–Trinajstić information content (AvgIpc) is 2.43. The number of nitro benzene ring substituents is 1. The molecule has 0 aliphatic carbocycles. The van der Waals surface area contributed by atoms with E-state index in [1.807, 2.05) is 0 Å². The van der Waals surface area contributed by atoms with Gasteiger partial charge in [-0.25, -0.2) is 4.98 Å². The van der Waals surface area contributed by atoms with Crippen molar-refractivity contribution in [1.29, 1.82) is 0 Å². The number of carboxylic acid groups (broad SMARTS) is 1. The molecule has 1 aromatic carbocycles. The van der Waals surface area contributed by atoms with Gasteiger partial charge in [0.15, 0.2) is 0 Å². The number of fused-ring (bicyclic) bond motifs is 1. The van der Waals surface area contributed by atoms with Crippen molar-refractivity contribution < 1.29 is 14.8 Å². The molecule has 0 saturated heterocycles. The summed E-state index contributed by atoms with van der Waals surface area (Å²) >= 11 is 1.36. The van der Waals surface area contributed by atoms with Crippen molar-refractivity contribution in [2.45, 2.75) is 11.9 Å². The second-order valence-electron chi connectivity index (χ2n) is 4.33. The molecule has 2 aromatic rings. The molecule has 2 rings (SSSR count). The number of rotatable bonds is 5. The van der Waals surface area contributed by atoms with Crippen molar-refractivity contribution in [2.24, 2.45) is 5.92 Å². The van der Waals surface area contributed by atoms with E-state index < -0.39 is 16.8 Å². The Morgan fingerprint density at radius 3 is 2.85 bits per heavy atom. The van der Waals surface area contributed by atoms with Crippen molar-refractivity contribution in [3.05, 3.63) is 40.4 Å². The molecule has 20 heavy (non-hydrogen) atoms. The molecule has 1 unspecified atom stereocenters. The van der Waals surface area contributed by atoms with Crippen LogP contribution in [0.4, 0.5) is 5.69 Å². The first-order valence-electron chi connectivity index (χ1n) is 5.88. The van der Waals surface area contributed by atoms with Gasteiger partial charge in [0.25, 0.3) is 5.69 Å². The molecule has 0 amide bonds. The van der Waals surface area contributed by atoms with Gasteiger partial charge in [0.05, 0.1) is 21.4 Å². The average molecular weight is 292 g/mol. The van der Waals surface area contributed by atoms with Crippen LogP contribution < -0.4 is 0 Å². The summed E-state index contributed by atoms with van der Waals surface area (Å²) in [6, 6.07) is 7.97. The molecular formula is C13H12N2O4S. The van der Waals surface area contributed by atoms with Gasteiger partial charge >= 0.3 is 5.97 Å². The number of nitrogens with zero attached hydrogens (tertiary/aromatic N) is 2. The van der Waals surface area contributed by atoms with Crippen molar-refractivity contribution in [3.63, 3.8) is 0 Å². The number of thioether (sulfide) groups is 1. The number of aromatic nitrogens is 1. The summed E-state index contributed by atoms with van der Waals surface area (Å²) < 4.78 is 0. The molecule has 0 fully saturated rings. The number of aliphatic carboxylic acids is 1. The van der Waals surface area contributed by atoms with Crippen LogP contribution in [0.2, 0.25) is 0 Å². The summed E-state index contributed by atoms with van der Waals surface area (Å²) in [5.74, 6) is -0.857. The second kappa shape index (κ2) is 5.87. The van der Waals surface area contributed by atoms with Crippen LogP contribution >= 0.6 is 11.8 Å². The molecule has 6 nitrogen and oxygen atoms in total. The summed E-state index contributed by atoms with van der Waals surface area (Å²) in [7, 11) is 0. The zero-order chi connectivity index (χ0) is 14.7. The summed E-state index contributed by atoms with van der Waals surface area (Å²) in [4.78, 5) is 25.3. The van der Waals surface area contributed by atoms with Gasteiger partial charge in [-0.15, -0.1) is 11.8 Å². The smallest absolute Gasteiger partial charge is 0.307 e. The maximum atomic E-state index is 10.7. The molecule has 0 saturated carbocycles. The van der Waals surface area contributed by atoms with Crippen LogP contribution in [0.15, 0.2) is 35.4 Å². The predicted octanol–water partition coefficient (Wildman–Crippen LogP) is 2.96. The third-order valence-electron chi connectivity index (χ3n) is 2.76. The third kappa shape index (κ3) is 3.24. The molecule has 104 valence electrons. The normalized spacial score (nSPS) is 12.2. The van der Waals surface area contributed by atoms with Gasteiger partial charge in [0, 0.05) is 23.3 Å². The Bertz CT molecular complexity index is 674. The summed E-state index contributed by atoms with van der Waals surface area (Å²) in [5, 5.41) is 20.9. The minimum absolute atomic E-state index is 0.0270. The number of carboxylic acids is 1. The molecule has 1 atom stereocenters. The Kier molecular flexibility index (Phi) is 4.19. The highest BCUT2D eigenvalue weighted by Gasteiger charge is 2.12. The Balaban J connectivity index is 2.19. The van der Waals surface area contributed by atoms with Crippen molar-refractivity contribution >= 4 is 34.3 Å². The van der Waals surface area contributed by atoms with E-state index in [2.05, 4.69) is 4.98 Å². The quantitative estimate of drug-likeness (QED) is 0.517. The minimum Gasteiger partial charge on any atom is -0.481 e. The summed E-state index contributed by atoms with van der Waals surface area (Å²) in [5.41, 5.74) is 0.683. The minimum atomic E-state index is -0.839. The molecule has 0 spiro atoms. The number of pyridine rings is 1. The molecule has 1 N–H and O–H groups in total. The van der Waals surface area contributed by atoms with E-state index in [0.29, 0.717) is 21.7 Å². The molecule has 7 heteroatoms. The van der Waals surface area contributed by atoms with Gasteiger partial charge < -0.3 is 5.11 Å². The van der Waals surface area contributed by atoms with Gasteiger partial charge in [0.1, 0.15) is 0 Å². The fraction of sp³-hybridized carbons (Fsp3) is 0.231. The highest BCUT2D eigenvalue weighted by molar-refractivity contribution is 7.99. The van der Waals surface area contributed by atoms with Gasteiger partial charge in [0.2, 0.25) is 0 Å². The topological polar surface area (TPSA) is 93.3 Å². The van der Waals surface area contributed by atoms with Gasteiger partial charge in [-0.1, -0.05) is 6.92 Å². The first-order chi connectivity index (χ1) is 9.47. The summed E-state index contributed by atoms with van der Waals surface area (Å²) in [6.07, 6.45) is 0. The van der Waals surface area contributed by atoms with E-state index in [4.69, 9.17) is 5.11 Å². The maximum absolute atomic E-state index is 10.7. The molecule has 0 aliphatic heterocycles. The van der Waals surface area contributed by atoms with Crippen LogP contribution in [0.3, 0.4) is 0 Å². The lowest BCUT2D eigenvalue weighted by Gasteiger charge is -2.06. The molecule has 1 aromatic heterocycles. The fourth-order valence-corrected chi connectivity index (χ4v) is 2.46. The van der Waals surface area contributed by atoms with Crippen LogP contribution in [-0.2, 0) is 4.79 Å². The monoisotopic (exact) mass is 292 g/mol. The third-order valence-corrected chi connectivity index (χ3v) is 3.95. The van der Waals surface area contributed by atoms with Crippen molar-refractivity contribution in [1.82, 2.24) is 4.98 Å². The zero-order valence-electron chi connectivity index (χ0n) is 10.6. The van der Waals surface area contributed by atoms with E-state index in [0.717, 1.165) is 0 Å². The number of non-ortho nitro benzene ring substituents is 1. The lowest BCUT2D eigenvalue weighted by molar-refractivity contribution is -0.384. The van der Waals surface area contributed by atoms with Crippen LogP contribution in [0.5, 0.6) is 0 Å². The fourth-order valence-electron chi connectivity index (χ4n) is 1.57. The standard InChI is InChI=1S/C13H12N2O4S/c1-8(13(16)17)7-20-12-5-2-9-6-10(15(18)19)3-4-11(9)14-12/h2-6,8H,7H2,1H3,(H,16,17).